The molecule has 2 fully saturated rings. The average molecular weight is 603 g/mol. The fourth-order valence-corrected chi connectivity index (χ4v) is 7.37. The first-order chi connectivity index (χ1) is 21.1. The smallest absolute Gasteiger partial charge is 0.164 e. The summed E-state index contributed by atoms with van der Waals surface area (Å²) in [5.41, 5.74) is 7.16. The number of carbonyl (C=O) groups excluding carboxylic acids is 2. The Bertz CT molecular complexity index is 1340. The molecule has 2 saturated carbocycles. The van der Waals surface area contributed by atoms with Gasteiger partial charge in [-0.05, 0) is 87.8 Å². The van der Waals surface area contributed by atoms with Crippen LogP contribution in [0.25, 0.3) is 11.1 Å². The first-order valence-corrected chi connectivity index (χ1v) is 16.7. The highest BCUT2D eigenvalue weighted by Crippen LogP contribution is 2.40. The van der Waals surface area contributed by atoms with E-state index in [2.05, 4.69) is 24.5 Å². The Morgan fingerprint density at radius 3 is 1.27 bits per heavy atom. The van der Waals surface area contributed by atoms with Crippen LogP contribution in [-0.2, 0) is 9.59 Å². The van der Waals surface area contributed by atoms with Crippen LogP contribution >= 0.6 is 0 Å². The zero-order chi connectivity index (χ0) is 31.4. The second-order valence-corrected chi connectivity index (χ2v) is 13.5. The lowest BCUT2D eigenvalue weighted by atomic mass is 9.93. The third-order valence-electron chi connectivity index (χ3n) is 10.2. The molecule has 4 aliphatic carbocycles. The van der Waals surface area contributed by atoms with Crippen molar-refractivity contribution in [2.24, 2.45) is 11.8 Å². The van der Waals surface area contributed by atoms with E-state index in [-0.39, 0.29) is 35.0 Å². The van der Waals surface area contributed by atoms with Crippen molar-refractivity contribution in [1.82, 2.24) is 0 Å². The van der Waals surface area contributed by atoms with Crippen molar-refractivity contribution in [3.63, 3.8) is 0 Å². The molecule has 4 nitrogen and oxygen atoms in total. The fourth-order valence-electron chi connectivity index (χ4n) is 7.37. The third kappa shape index (κ3) is 7.33. The average Bonchev–Trinajstić information content (AvgIpc) is 3.41. The number of carbonyl (C=O) groups is 2. The van der Waals surface area contributed by atoms with Crippen LogP contribution in [0.15, 0.2) is 47.5 Å². The zero-order valence-corrected chi connectivity index (χ0v) is 26.8. The maximum absolute atomic E-state index is 13.7. The van der Waals surface area contributed by atoms with E-state index in [9.17, 15) is 18.4 Å². The molecule has 0 spiro atoms. The maximum atomic E-state index is 13.7. The third-order valence-corrected chi connectivity index (χ3v) is 10.2. The number of nitrogens with one attached hydrogen (secondary N) is 2. The number of allylic oxidation sites excluding steroid dienone is 4. The van der Waals surface area contributed by atoms with Crippen LogP contribution in [0.2, 0.25) is 0 Å². The molecule has 44 heavy (non-hydrogen) atoms. The van der Waals surface area contributed by atoms with Crippen molar-refractivity contribution in [3.05, 3.63) is 70.3 Å². The Kier molecular flexibility index (Phi) is 10.4. The van der Waals surface area contributed by atoms with Gasteiger partial charge < -0.3 is 10.6 Å². The number of rotatable bonds is 6. The predicted molar refractivity (Wildman–Crippen MR) is 177 cm³/mol. The molecule has 6 rings (SSSR count). The van der Waals surface area contributed by atoms with Crippen LogP contribution in [-0.4, -0.2) is 23.7 Å². The van der Waals surface area contributed by atoms with E-state index in [4.69, 9.17) is 0 Å². The molecule has 0 aromatic heterocycles. The molecule has 2 atom stereocenters. The molecule has 0 radical (unpaired) electrons. The van der Waals surface area contributed by atoms with Crippen LogP contribution in [0.5, 0.6) is 0 Å². The summed E-state index contributed by atoms with van der Waals surface area (Å²) in [7, 11) is 0. The minimum atomic E-state index is -0.251. The van der Waals surface area contributed by atoms with Gasteiger partial charge in [-0.15, -0.1) is 0 Å². The van der Waals surface area contributed by atoms with Gasteiger partial charge >= 0.3 is 0 Å². The molecule has 0 heterocycles. The minimum absolute atomic E-state index is 0.184. The van der Waals surface area contributed by atoms with Crippen LogP contribution in [0, 0.1) is 23.5 Å². The normalized spacial score (nSPS) is 23.2. The molecule has 0 aliphatic heterocycles. The van der Waals surface area contributed by atoms with Crippen LogP contribution in [0.1, 0.15) is 116 Å². The van der Waals surface area contributed by atoms with Crippen molar-refractivity contribution in [3.8, 4) is 0 Å². The highest BCUT2D eigenvalue weighted by Gasteiger charge is 2.31. The van der Waals surface area contributed by atoms with Crippen LogP contribution < -0.4 is 10.6 Å². The molecule has 2 unspecified atom stereocenters. The lowest BCUT2D eigenvalue weighted by Crippen LogP contribution is -2.23. The van der Waals surface area contributed by atoms with Gasteiger partial charge in [-0.1, -0.05) is 63.5 Å². The molecule has 6 heteroatoms. The van der Waals surface area contributed by atoms with Gasteiger partial charge in [0.05, 0.1) is 0 Å². The number of benzene rings is 2. The Balaban J connectivity index is 0.000000175. The monoisotopic (exact) mass is 602 g/mol. The Hall–Kier alpha value is -3.28. The largest absolute Gasteiger partial charge is 0.382 e. The summed E-state index contributed by atoms with van der Waals surface area (Å²) < 4.78 is 27.4. The Morgan fingerprint density at radius 2 is 0.955 bits per heavy atom. The standard InChI is InChI=1S/2C19H24FNO/c2*1-12-10-18(22)19(13(12)2)16-9-8-14(20)11-17(16)21-15-6-4-3-5-7-15/h2*8-9,11-12,15,21H,3-7,10H2,1-2H3. The van der Waals surface area contributed by atoms with E-state index < -0.39 is 0 Å². The van der Waals surface area contributed by atoms with Gasteiger partial charge in [0.15, 0.2) is 11.6 Å². The summed E-state index contributed by atoms with van der Waals surface area (Å²) in [5.74, 6) is 0.439. The van der Waals surface area contributed by atoms with E-state index in [0.717, 1.165) is 70.5 Å². The van der Waals surface area contributed by atoms with Crippen molar-refractivity contribution in [2.45, 2.75) is 117 Å². The lowest BCUT2D eigenvalue weighted by Gasteiger charge is -2.25. The SMILES string of the molecule is CC1=C(c2ccc(F)cc2NC2CCCCC2)C(=O)CC1C.CC1=C(c2ccc(F)cc2NC2CCCCC2)C(=O)CC1C. The van der Waals surface area contributed by atoms with E-state index in [1.807, 2.05) is 13.8 Å². The first-order valence-electron chi connectivity index (χ1n) is 16.7. The lowest BCUT2D eigenvalue weighted by molar-refractivity contribution is -0.114. The van der Waals surface area contributed by atoms with Gasteiger partial charge in [0.1, 0.15) is 11.6 Å². The number of ketones is 2. The quantitative estimate of drug-likeness (QED) is 0.346. The fraction of sp³-hybridized carbons (Fsp3) is 0.526. The molecule has 2 aromatic carbocycles. The summed E-state index contributed by atoms with van der Waals surface area (Å²) >= 11 is 0. The van der Waals surface area contributed by atoms with Crippen molar-refractivity contribution >= 4 is 34.1 Å². The molecule has 2 aromatic rings. The second-order valence-electron chi connectivity index (χ2n) is 13.5. The van der Waals surface area contributed by atoms with Gasteiger partial charge in [-0.2, -0.15) is 0 Å². The van der Waals surface area contributed by atoms with E-state index in [0.29, 0.717) is 24.9 Å². The van der Waals surface area contributed by atoms with E-state index >= 15 is 0 Å². The van der Waals surface area contributed by atoms with Gasteiger partial charge in [-0.3, -0.25) is 9.59 Å². The summed E-state index contributed by atoms with van der Waals surface area (Å²) in [5, 5.41) is 6.99. The molecule has 0 amide bonds. The van der Waals surface area contributed by atoms with Gasteiger partial charge in [-0.25, -0.2) is 8.78 Å². The number of anilines is 2. The number of hydrogen-bond donors (Lipinski definition) is 2. The summed E-state index contributed by atoms with van der Waals surface area (Å²) in [4.78, 5) is 24.7. The van der Waals surface area contributed by atoms with Gasteiger partial charge in [0.25, 0.3) is 0 Å². The number of Topliss-reactive ketones (excluding diaryl/α,β-unsaturated/α-hetero) is 2. The zero-order valence-electron chi connectivity index (χ0n) is 26.8. The number of halogens is 2. The Labute approximate surface area is 261 Å². The summed E-state index contributed by atoms with van der Waals surface area (Å²) in [6.07, 6.45) is 13.1. The van der Waals surface area contributed by atoms with Gasteiger partial charge in [0, 0.05) is 58.6 Å². The summed E-state index contributed by atoms with van der Waals surface area (Å²) in [6, 6.07) is 10.3. The maximum Gasteiger partial charge on any atom is 0.164 e. The van der Waals surface area contributed by atoms with Crippen molar-refractivity contribution in [1.29, 1.82) is 0 Å². The van der Waals surface area contributed by atoms with Gasteiger partial charge in [0.2, 0.25) is 0 Å². The highest BCUT2D eigenvalue weighted by molar-refractivity contribution is 6.25. The predicted octanol–water partition coefficient (Wildman–Crippen LogP) is 9.91. The molecular formula is C38H48F2N2O2. The van der Waals surface area contributed by atoms with Crippen LogP contribution in [0.3, 0.4) is 0 Å². The van der Waals surface area contributed by atoms with Crippen LogP contribution in [0.4, 0.5) is 20.2 Å². The van der Waals surface area contributed by atoms with Crippen molar-refractivity contribution in [2.75, 3.05) is 10.6 Å². The first kappa shape index (κ1) is 32.1. The van der Waals surface area contributed by atoms with E-state index in [1.165, 1.54) is 50.7 Å². The molecule has 236 valence electrons. The summed E-state index contributed by atoms with van der Waals surface area (Å²) in [6.45, 7) is 8.22. The molecule has 0 saturated heterocycles. The Morgan fingerprint density at radius 1 is 0.591 bits per heavy atom. The molecular weight excluding hydrogens is 554 g/mol. The second kappa shape index (κ2) is 14.2. The van der Waals surface area contributed by atoms with E-state index in [1.54, 1.807) is 24.3 Å². The number of hydrogen-bond acceptors (Lipinski definition) is 4. The molecule has 0 bridgehead atoms. The topological polar surface area (TPSA) is 58.2 Å². The molecule has 2 N–H and O–H groups in total. The van der Waals surface area contributed by atoms with Crippen molar-refractivity contribution < 1.29 is 18.4 Å². The highest BCUT2D eigenvalue weighted by atomic mass is 19.1. The molecule has 4 aliphatic rings. The minimum Gasteiger partial charge on any atom is -0.382 e.